The van der Waals surface area contributed by atoms with Crippen LogP contribution in [0.4, 0.5) is 0 Å². The van der Waals surface area contributed by atoms with Crippen LogP contribution in [0.2, 0.25) is 0 Å². The average Bonchev–Trinajstić information content (AvgIpc) is 2.63. The Labute approximate surface area is 96.7 Å². The van der Waals surface area contributed by atoms with Gasteiger partial charge in [0.15, 0.2) is 5.16 Å². The van der Waals surface area contributed by atoms with Crippen molar-refractivity contribution in [1.29, 1.82) is 0 Å². The second-order valence-corrected chi connectivity index (χ2v) is 4.69. The maximum atomic E-state index is 4.26. The van der Waals surface area contributed by atoms with E-state index in [1.165, 1.54) is 19.3 Å². The Morgan fingerprint density at radius 2 is 2.27 bits per heavy atom. The number of aromatic nitrogens is 2. The quantitative estimate of drug-likeness (QED) is 0.546. The van der Waals surface area contributed by atoms with Crippen LogP contribution >= 0.6 is 11.8 Å². The van der Waals surface area contributed by atoms with E-state index in [4.69, 9.17) is 0 Å². The lowest BCUT2D eigenvalue weighted by Gasteiger charge is -2.04. The number of aryl methyl sites for hydroxylation is 1. The monoisotopic (exact) mass is 227 g/mol. The van der Waals surface area contributed by atoms with Gasteiger partial charge in [-0.1, -0.05) is 31.5 Å². The SMILES string of the molecule is CCCCCNCCSc1nccn1C. The molecule has 1 aromatic heterocycles. The Kier molecular flexibility index (Phi) is 6.52. The third-order valence-corrected chi connectivity index (χ3v) is 3.30. The summed E-state index contributed by atoms with van der Waals surface area (Å²) in [6.45, 7) is 4.45. The van der Waals surface area contributed by atoms with Gasteiger partial charge in [0.05, 0.1) is 0 Å². The van der Waals surface area contributed by atoms with Crippen LogP contribution in [0, 0.1) is 0 Å². The van der Waals surface area contributed by atoms with Crippen LogP contribution < -0.4 is 5.32 Å². The number of imidazole rings is 1. The zero-order valence-corrected chi connectivity index (χ0v) is 10.5. The van der Waals surface area contributed by atoms with Gasteiger partial charge in [0.1, 0.15) is 0 Å². The molecular weight excluding hydrogens is 206 g/mol. The number of unbranched alkanes of at least 4 members (excludes halogenated alkanes) is 2. The second-order valence-electron chi connectivity index (χ2n) is 3.63. The molecule has 0 radical (unpaired) electrons. The summed E-state index contributed by atoms with van der Waals surface area (Å²) in [7, 11) is 2.03. The first-order valence-corrected chi connectivity index (χ1v) is 6.64. The van der Waals surface area contributed by atoms with Gasteiger partial charge >= 0.3 is 0 Å². The molecule has 1 N–H and O–H groups in total. The minimum atomic E-state index is 1.07. The third kappa shape index (κ3) is 5.23. The standard InChI is InChI=1S/C11H21N3S/c1-3-4-5-6-12-8-10-15-11-13-7-9-14(11)2/h7,9,12H,3-6,8,10H2,1-2H3. The summed E-state index contributed by atoms with van der Waals surface area (Å²) in [5.74, 6) is 1.09. The van der Waals surface area contributed by atoms with E-state index in [1.807, 2.05) is 19.4 Å². The fourth-order valence-electron chi connectivity index (χ4n) is 1.33. The number of thioether (sulfide) groups is 1. The van der Waals surface area contributed by atoms with E-state index in [0.717, 1.165) is 24.0 Å². The fraction of sp³-hybridized carbons (Fsp3) is 0.727. The molecule has 86 valence electrons. The molecule has 0 aliphatic heterocycles. The van der Waals surface area contributed by atoms with E-state index in [9.17, 15) is 0 Å². The molecule has 4 heteroatoms. The largest absolute Gasteiger partial charge is 0.329 e. The van der Waals surface area contributed by atoms with Crippen LogP contribution in [0.1, 0.15) is 26.2 Å². The topological polar surface area (TPSA) is 29.9 Å². The lowest BCUT2D eigenvalue weighted by molar-refractivity contribution is 0.635. The fourth-order valence-corrected chi connectivity index (χ4v) is 2.16. The molecular formula is C11H21N3S. The molecule has 0 saturated heterocycles. The van der Waals surface area contributed by atoms with E-state index in [2.05, 4.69) is 21.8 Å². The van der Waals surface area contributed by atoms with Crippen molar-refractivity contribution in [2.45, 2.75) is 31.3 Å². The number of hydrogen-bond acceptors (Lipinski definition) is 3. The highest BCUT2D eigenvalue weighted by atomic mass is 32.2. The van der Waals surface area contributed by atoms with Gasteiger partial charge in [-0.05, 0) is 13.0 Å². The zero-order valence-electron chi connectivity index (χ0n) is 9.70. The summed E-state index contributed by atoms with van der Waals surface area (Å²) in [6.07, 6.45) is 7.75. The van der Waals surface area contributed by atoms with E-state index >= 15 is 0 Å². The molecule has 0 bridgehead atoms. The van der Waals surface area contributed by atoms with Crippen molar-refractivity contribution in [1.82, 2.24) is 14.9 Å². The number of nitrogens with zero attached hydrogens (tertiary/aromatic N) is 2. The molecule has 0 atom stereocenters. The lowest BCUT2D eigenvalue weighted by atomic mass is 10.2. The summed E-state index contributed by atoms with van der Waals surface area (Å²) >= 11 is 1.81. The Bertz CT molecular complexity index is 260. The van der Waals surface area contributed by atoms with Crippen LogP contribution in [0.15, 0.2) is 17.6 Å². The van der Waals surface area contributed by atoms with Gasteiger partial charge in [-0.15, -0.1) is 0 Å². The Hall–Kier alpha value is -0.480. The van der Waals surface area contributed by atoms with E-state index in [1.54, 1.807) is 11.8 Å². The first kappa shape index (κ1) is 12.6. The van der Waals surface area contributed by atoms with Crippen molar-refractivity contribution in [3.63, 3.8) is 0 Å². The van der Waals surface area contributed by atoms with Crippen LogP contribution in [0.3, 0.4) is 0 Å². The lowest BCUT2D eigenvalue weighted by Crippen LogP contribution is -2.18. The molecule has 0 aromatic carbocycles. The summed E-state index contributed by atoms with van der Waals surface area (Å²) in [5.41, 5.74) is 0. The highest BCUT2D eigenvalue weighted by Gasteiger charge is 1.98. The second kappa shape index (κ2) is 7.77. The zero-order chi connectivity index (χ0) is 10.9. The first-order chi connectivity index (χ1) is 7.34. The maximum absolute atomic E-state index is 4.26. The van der Waals surface area contributed by atoms with Crippen molar-refractivity contribution < 1.29 is 0 Å². The maximum Gasteiger partial charge on any atom is 0.167 e. The highest BCUT2D eigenvalue weighted by molar-refractivity contribution is 7.99. The van der Waals surface area contributed by atoms with Crippen molar-refractivity contribution in [3.05, 3.63) is 12.4 Å². The van der Waals surface area contributed by atoms with Crippen LogP contribution in [-0.2, 0) is 7.05 Å². The van der Waals surface area contributed by atoms with Crippen LogP contribution in [0.5, 0.6) is 0 Å². The van der Waals surface area contributed by atoms with E-state index < -0.39 is 0 Å². The molecule has 15 heavy (non-hydrogen) atoms. The van der Waals surface area contributed by atoms with Gasteiger partial charge < -0.3 is 9.88 Å². The summed E-state index contributed by atoms with van der Waals surface area (Å²) in [6, 6.07) is 0. The molecule has 0 aliphatic rings. The predicted molar refractivity (Wildman–Crippen MR) is 66.3 cm³/mol. The summed E-state index contributed by atoms with van der Waals surface area (Å²) in [5, 5.41) is 4.55. The molecule has 0 fully saturated rings. The van der Waals surface area contributed by atoms with Gasteiger partial charge in [0.25, 0.3) is 0 Å². The van der Waals surface area contributed by atoms with Gasteiger partial charge in [0.2, 0.25) is 0 Å². The van der Waals surface area contributed by atoms with E-state index in [-0.39, 0.29) is 0 Å². The molecule has 0 saturated carbocycles. The Balaban J connectivity index is 1.96. The normalized spacial score (nSPS) is 10.8. The van der Waals surface area contributed by atoms with Crippen LogP contribution in [-0.4, -0.2) is 28.4 Å². The highest BCUT2D eigenvalue weighted by Crippen LogP contribution is 2.12. The molecule has 1 rings (SSSR count). The molecule has 0 amide bonds. The molecule has 3 nitrogen and oxygen atoms in total. The van der Waals surface area contributed by atoms with Gasteiger partial charge in [-0.25, -0.2) is 4.98 Å². The van der Waals surface area contributed by atoms with Gasteiger partial charge in [0, 0.05) is 31.7 Å². The molecule has 0 aliphatic carbocycles. The Morgan fingerprint density at radius 3 is 2.93 bits per heavy atom. The molecule has 0 unspecified atom stereocenters. The van der Waals surface area contributed by atoms with Crippen molar-refractivity contribution >= 4 is 11.8 Å². The smallest absolute Gasteiger partial charge is 0.167 e. The molecule has 0 spiro atoms. The van der Waals surface area contributed by atoms with Crippen molar-refractivity contribution in [2.24, 2.45) is 7.05 Å². The minimum Gasteiger partial charge on any atom is -0.329 e. The summed E-state index contributed by atoms with van der Waals surface area (Å²) < 4.78 is 2.06. The average molecular weight is 227 g/mol. The number of nitrogens with one attached hydrogen (secondary N) is 1. The number of rotatable bonds is 8. The van der Waals surface area contributed by atoms with Gasteiger partial charge in [-0.3, -0.25) is 0 Å². The first-order valence-electron chi connectivity index (χ1n) is 5.65. The summed E-state index contributed by atoms with van der Waals surface area (Å²) in [4.78, 5) is 4.26. The Morgan fingerprint density at radius 1 is 1.40 bits per heavy atom. The van der Waals surface area contributed by atoms with E-state index in [0.29, 0.717) is 0 Å². The minimum absolute atomic E-state index is 1.07. The molecule has 1 heterocycles. The molecule has 1 aromatic rings. The predicted octanol–water partition coefficient (Wildman–Crippen LogP) is 2.29. The third-order valence-electron chi connectivity index (χ3n) is 2.24. The van der Waals surface area contributed by atoms with Crippen molar-refractivity contribution in [3.8, 4) is 0 Å². The van der Waals surface area contributed by atoms with Crippen molar-refractivity contribution in [2.75, 3.05) is 18.8 Å². The van der Waals surface area contributed by atoms with Gasteiger partial charge in [-0.2, -0.15) is 0 Å². The van der Waals surface area contributed by atoms with Crippen LogP contribution in [0.25, 0.3) is 0 Å². The number of hydrogen-bond donors (Lipinski definition) is 1.